The van der Waals surface area contributed by atoms with Crippen LogP contribution in [-0.2, 0) is 43.3 Å². The maximum Gasteiger partial charge on any atom is 0.407 e. The van der Waals surface area contributed by atoms with Gasteiger partial charge in [-0.05, 0) is 61.6 Å². The van der Waals surface area contributed by atoms with Crippen molar-refractivity contribution in [1.29, 1.82) is 0 Å². The Kier molecular flexibility index (Phi) is 19.1. The van der Waals surface area contributed by atoms with Crippen LogP contribution in [0.1, 0.15) is 55.2 Å². The highest BCUT2D eigenvalue weighted by atomic mass is 16.5. The van der Waals surface area contributed by atoms with Crippen molar-refractivity contribution in [2.75, 3.05) is 19.8 Å². The van der Waals surface area contributed by atoms with E-state index in [2.05, 4.69) is 29.1 Å². The van der Waals surface area contributed by atoms with E-state index in [-0.39, 0.29) is 50.4 Å². The Morgan fingerprint density at radius 3 is 1.87 bits per heavy atom. The molecule has 0 fully saturated rings. The van der Waals surface area contributed by atoms with Crippen molar-refractivity contribution in [2.45, 2.75) is 70.1 Å². The van der Waals surface area contributed by atoms with Crippen molar-refractivity contribution in [3.05, 3.63) is 133 Å². The molecule has 0 aliphatic rings. The Labute approximate surface area is 307 Å². The zero-order chi connectivity index (χ0) is 37.4. The van der Waals surface area contributed by atoms with Crippen molar-refractivity contribution in [3.63, 3.8) is 0 Å². The Balaban J connectivity index is 1.58. The molecular formula is C42H53N3O7. The molecule has 3 amide bonds. The highest BCUT2D eigenvalue weighted by molar-refractivity contribution is 5.86. The van der Waals surface area contributed by atoms with E-state index in [0.717, 1.165) is 16.7 Å². The number of allylic oxidation sites excluding steroid dienone is 2. The Morgan fingerprint density at radius 1 is 0.692 bits per heavy atom. The number of hydrogen-bond acceptors (Lipinski definition) is 7. The van der Waals surface area contributed by atoms with Gasteiger partial charge in [0, 0.05) is 13.0 Å². The predicted molar refractivity (Wildman–Crippen MR) is 202 cm³/mol. The molecule has 0 aliphatic heterocycles. The quantitative estimate of drug-likeness (QED) is 0.0519. The molecule has 10 nitrogen and oxygen atoms in total. The molecule has 0 aromatic heterocycles. The second-order valence-corrected chi connectivity index (χ2v) is 12.8. The van der Waals surface area contributed by atoms with E-state index in [4.69, 9.17) is 9.47 Å². The molecule has 10 heteroatoms. The highest BCUT2D eigenvalue weighted by Crippen LogP contribution is 2.17. The summed E-state index contributed by atoms with van der Waals surface area (Å²) in [5.74, 6) is -2.27. The van der Waals surface area contributed by atoms with Crippen LogP contribution in [0.25, 0.3) is 0 Å². The van der Waals surface area contributed by atoms with Gasteiger partial charge < -0.3 is 30.5 Å². The molecule has 0 spiro atoms. The number of carbonyl (C=O) groups is 4. The SMILES string of the molecule is C=CC[C@@H](CC(=O)N[C@H](CO)Cc1ccccc1)C(=O)N[C@@H](CCCCNC(=O)OCc1ccccc1)COC(=O)[C@@H](CC=C)Cc1ccccc1. The molecule has 52 heavy (non-hydrogen) atoms. The van der Waals surface area contributed by atoms with Crippen molar-refractivity contribution >= 4 is 23.9 Å². The zero-order valence-electron chi connectivity index (χ0n) is 29.9. The number of amides is 3. The number of aliphatic hydroxyl groups is 1. The molecule has 3 aromatic rings. The molecule has 0 radical (unpaired) electrons. The lowest BCUT2D eigenvalue weighted by Crippen LogP contribution is -2.45. The minimum absolute atomic E-state index is 0.0593. The molecule has 0 bridgehead atoms. The van der Waals surface area contributed by atoms with Crippen molar-refractivity contribution in [2.24, 2.45) is 11.8 Å². The highest BCUT2D eigenvalue weighted by Gasteiger charge is 2.26. The smallest absolute Gasteiger partial charge is 0.407 e. The lowest BCUT2D eigenvalue weighted by Gasteiger charge is -2.24. The van der Waals surface area contributed by atoms with Gasteiger partial charge in [-0.15, -0.1) is 13.2 Å². The number of benzene rings is 3. The van der Waals surface area contributed by atoms with Gasteiger partial charge in [-0.25, -0.2) is 4.79 Å². The van der Waals surface area contributed by atoms with Crippen LogP contribution >= 0.6 is 0 Å². The van der Waals surface area contributed by atoms with E-state index in [1.165, 1.54) is 0 Å². The van der Waals surface area contributed by atoms with Gasteiger partial charge in [-0.2, -0.15) is 0 Å². The molecule has 0 saturated carbocycles. The van der Waals surface area contributed by atoms with E-state index in [0.29, 0.717) is 45.1 Å². The number of unbranched alkanes of at least 4 members (excludes halogenated alkanes) is 1. The topological polar surface area (TPSA) is 143 Å². The standard InChI is InChI=1S/C42H53N3O7/c1-3-16-35(28-39(47)44-38(29-46)27-33-20-10-6-11-21-33)40(48)45-37(24-14-15-25-43-42(50)52-30-34-22-12-7-13-23-34)31-51-41(49)36(17-4-2)26-32-18-8-5-9-19-32/h3-13,18-23,35-38,46H,1-2,14-17,24-31H2,(H,43,50)(H,44,47)(H,45,48)/t35-,36-,37-,38-/m0/s1. The fraction of sp³-hybridized carbons (Fsp3) is 0.381. The van der Waals surface area contributed by atoms with E-state index < -0.39 is 30.0 Å². The summed E-state index contributed by atoms with van der Waals surface area (Å²) in [6.45, 7) is 7.80. The van der Waals surface area contributed by atoms with Crippen LogP contribution in [0.4, 0.5) is 4.79 Å². The number of carbonyl (C=O) groups excluding carboxylic acids is 4. The predicted octanol–water partition coefficient (Wildman–Crippen LogP) is 5.85. The first-order valence-electron chi connectivity index (χ1n) is 17.9. The lowest BCUT2D eigenvalue weighted by molar-refractivity contribution is -0.150. The number of alkyl carbamates (subject to hydrolysis) is 1. The van der Waals surface area contributed by atoms with Gasteiger partial charge >= 0.3 is 12.1 Å². The Hall–Kier alpha value is -5.22. The second kappa shape index (κ2) is 24.1. The third-order valence-corrected chi connectivity index (χ3v) is 8.51. The number of hydrogen-bond donors (Lipinski definition) is 4. The molecular weight excluding hydrogens is 658 g/mol. The Morgan fingerprint density at radius 2 is 1.27 bits per heavy atom. The summed E-state index contributed by atoms with van der Waals surface area (Å²) < 4.78 is 11.1. The lowest BCUT2D eigenvalue weighted by atomic mass is 9.96. The number of ether oxygens (including phenoxy) is 2. The van der Waals surface area contributed by atoms with Crippen LogP contribution in [0, 0.1) is 11.8 Å². The largest absolute Gasteiger partial charge is 0.463 e. The van der Waals surface area contributed by atoms with Gasteiger partial charge in [0.1, 0.15) is 13.2 Å². The number of nitrogens with one attached hydrogen (secondary N) is 3. The second-order valence-electron chi connectivity index (χ2n) is 12.8. The fourth-order valence-corrected chi connectivity index (χ4v) is 5.71. The van der Waals surface area contributed by atoms with Crippen LogP contribution in [0.3, 0.4) is 0 Å². The summed E-state index contributed by atoms with van der Waals surface area (Å²) in [5.41, 5.74) is 2.86. The monoisotopic (exact) mass is 711 g/mol. The third-order valence-electron chi connectivity index (χ3n) is 8.51. The fourth-order valence-electron chi connectivity index (χ4n) is 5.71. The average molecular weight is 712 g/mol. The number of rotatable bonds is 24. The van der Waals surface area contributed by atoms with Crippen molar-refractivity contribution in [1.82, 2.24) is 16.0 Å². The molecule has 0 unspecified atom stereocenters. The molecule has 0 heterocycles. The number of aliphatic hydroxyl groups excluding tert-OH is 1. The molecule has 3 rings (SSSR count). The molecule has 0 saturated heterocycles. The van der Waals surface area contributed by atoms with E-state index in [1.54, 1.807) is 12.2 Å². The van der Waals surface area contributed by atoms with Gasteiger partial charge in [-0.1, -0.05) is 103 Å². The molecule has 4 N–H and O–H groups in total. The van der Waals surface area contributed by atoms with Gasteiger partial charge in [0.2, 0.25) is 11.8 Å². The van der Waals surface area contributed by atoms with Gasteiger partial charge in [0.25, 0.3) is 0 Å². The van der Waals surface area contributed by atoms with Gasteiger partial charge in [0.05, 0.1) is 30.5 Å². The molecule has 0 aliphatic carbocycles. The maximum atomic E-state index is 13.6. The molecule has 278 valence electrons. The van der Waals surface area contributed by atoms with Crippen LogP contribution in [0.5, 0.6) is 0 Å². The van der Waals surface area contributed by atoms with E-state index in [9.17, 15) is 24.3 Å². The normalized spacial score (nSPS) is 13.0. The maximum absolute atomic E-state index is 13.6. The van der Waals surface area contributed by atoms with Crippen LogP contribution in [0.15, 0.2) is 116 Å². The summed E-state index contributed by atoms with van der Waals surface area (Å²) in [6, 6.07) is 27.5. The number of esters is 1. The van der Waals surface area contributed by atoms with E-state index in [1.807, 2.05) is 91.0 Å². The first-order valence-corrected chi connectivity index (χ1v) is 17.9. The van der Waals surface area contributed by atoms with Gasteiger partial charge in [0.15, 0.2) is 0 Å². The first-order chi connectivity index (χ1) is 25.3. The van der Waals surface area contributed by atoms with Crippen molar-refractivity contribution < 1.29 is 33.8 Å². The minimum Gasteiger partial charge on any atom is -0.463 e. The molecule has 3 aromatic carbocycles. The summed E-state index contributed by atoms with van der Waals surface area (Å²) >= 11 is 0. The summed E-state index contributed by atoms with van der Waals surface area (Å²) in [6.07, 6.45) is 5.94. The molecule has 4 atom stereocenters. The average Bonchev–Trinajstić information content (AvgIpc) is 3.16. The zero-order valence-corrected chi connectivity index (χ0v) is 29.9. The van der Waals surface area contributed by atoms with Crippen LogP contribution in [-0.4, -0.2) is 60.8 Å². The summed E-state index contributed by atoms with van der Waals surface area (Å²) in [5, 5.41) is 18.5. The van der Waals surface area contributed by atoms with Crippen LogP contribution < -0.4 is 16.0 Å². The van der Waals surface area contributed by atoms with Crippen molar-refractivity contribution in [3.8, 4) is 0 Å². The third kappa shape index (κ3) is 16.2. The Bertz CT molecular complexity index is 1520. The summed E-state index contributed by atoms with van der Waals surface area (Å²) in [7, 11) is 0. The first kappa shape index (κ1) is 41.2. The minimum atomic E-state index is -0.723. The van der Waals surface area contributed by atoms with Gasteiger partial charge in [-0.3, -0.25) is 14.4 Å². The van der Waals surface area contributed by atoms with Crippen LogP contribution in [0.2, 0.25) is 0 Å². The van der Waals surface area contributed by atoms with E-state index >= 15 is 0 Å². The summed E-state index contributed by atoms with van der Waals surface area (Å²) in [4.78, 5) is 52.1.